The summed E-state index contributed by atoms with van der Waals surface area (Å²) in [6.45, 7) is 3.13. The van der Waals surface area contributed by atoms with Gasteiger partial charge in [0.15, 0.2) is 5.65 Å². The fourth-order valence-corrected chi connectivity index (χ4v) is 3.72. The van der Waals surface area contributed by atoms with Crippen LogP contribution in [0.1, 0.15) is 37.3 Å². The molecule has 2 aliphatic rings. The van der Waals surface area contributed by atoms with Gasteiger partial charge in [-0.05, 0) is 31.7 Å². The number of carbonyl (C=O) groups is 1. The van der Waals surface area contributed by atoms with Gasteiger partial charge in [0.1, 0.15) is 5.52 Å². The first-order valence-electron chi connectivity index (χ1n) is 9.13. The van der Waals surface area contributed by atoms with Gasteiger partial charge in [0, 0.05) is 37.8 Å². The zero-order chi connectivity index (χ0) is 17.1. The summed E-state index contributed by atoms with van der Waals surface area (Å²) in [6, 6.07) is 0. The number of nitrogens with one attached hydrogen (secondary N) is 2. The van der Waals surface area contributed by atoms with E-state index in [2.05, 4.69) is 32.8 Å². The Bertz CT molecular complexity index is 777. The molecule has 1 aliphatic heterocycles. The first-order chi connectivity index (χ1) is 12.3. The zero-order valence-electron chi connectivity index (χ0n) is 14.3. The summed E-state index contributed by atoms with van der Waals surface area (Å²) >= 11 is 0. The highest BCUT2D eigenvalue weighted by Gasteiger charge is 2.24. The average Bonchev–Trinajstić information content (AvgIpc) is 3.36. The fourth-order valence-electron chi connectivity index (χ4n) is 3.72. The van der Waals surface area contributed by atoms with Crippen LogP contribution in [0.25, 0.3) is 11.2 Å². The van der Waals surface area contributed by atoms with E-state index in [-0.39, 0.29) is 5.91 Å². The van der Waals surface area contributed by atoms with Crippen molar-refractivity contribution in [2.45, 2.75) is 38.1 Å². The summed E-state index contributed by atoms with van der Waals surface area (Å²) in [6.07, 6.45) is 11.6. The van der Waals surface area contributed by atoms with Crippen molar-refractivity contribution in [3.05, 3.63) is 30.2 Å². The van der Waals surface area contributed by atoms with Crippen molar-refractivity contribution < 1.29 is 4.79 Å². The molecule has 2 atom stereocenters. The summed E-state index contributed by atoms with van der Waals surface area (Å²) in [5.41, 5.74) is 2.71. The zero-order valence-corrected chi connectivity index (χ0v) is 14.3. The van der Waals surface area contributed by atoms with E-state index in [9.17, 15) is 4.79 Å². The van der Waals surface area contributed by atoms with Gasteiger partial charge < -0.3 is 10.6 Å². The molecule has 7 heteroatoms. The van der Waals surface area contributed by atoms with Crippen LogP contribution in [0.15, 0.2) is 24.5 Å². The topological polar surface area (TPSA) is 84.7 Å². The minimum Gasteiger partial charge on any atom is -0.354 e. The fraction of sp³-hybridized carbons (Fsp3) is 0.556. The van der Waals surface area contributed by atoms with Gasteiger partial charge in [-0.2, -0.15) is 5.10 Å². The maximum atomic E-state index is 12.1. The highest BCUT2D eigenvalue weighted by Crippen LogP contribution is 2.26. The van der Waals surface area contributed by atoms with E-state index in [1.807, 2.05) is 4.68 Å². The smallest absolute Gasteiger partial charge is 0.220 e. The monoisotopic (exact) mass is 340 g/mol. The number of hydrogen-bond donors (Lipinski definition) is 2. The number of allylic oxidation sites excluding steroid dienone is 2. The molecule has 0 spiro atoms. The molecule has 0 bridgehead atoms. The van der Waals surface area contributed by atoms with Crippen molar-refractivity contribution in [2.75, 3.05) is 19.6 Å². The molecule has 1 saturated heterocycles. The largest absolute Gasteiger partial charge is 0.354 e. The number of nitrogens with zero attached hydrogens (tertiary/aromatic N) is 4. The molecule has 3 heterocycles. The first kappa shape index (κ1) is 16.2. The van der Waals surface area contributed by atoms with E-state index in [1.54, 1.807) is 12.4 Å². The molecule has 2 aromatic heterocycles. The number of fused-ring (bicyclic) bond motifs is 1. The standard InChI is InChI=1S/C18H24N6O/c25-15(11-13-3-1-2-4-13)20-9-10-24-18-17(21-7-8-22-18)16(23-24)14-5-6-19-12-14/h1,3,7-8,13-14,19H,2,4-6,9-12H2,(H,20,25). The Balaban J connectivity index is 1.41. The minimum absolute atomic E-state index is 0.110. The third-order valence-corrected chi connectivity index (χ3v) is 5.05. The molecule has 2 unspecified atom stereocenters. The van der Waals surface area contributed by atoms with Crippen molar-refractivity contribution in [1.82, 2.24) is 30.4 Å². The summed E-state index contributed by atoms with van der Waals surface area (Å²) in [4.78, 5) is 21.0. The minimum atomic E-state index is 0.110. The second-order valence-corrected chi connectivity index (χ2v) is 6.85. The SMILES string of the molecule is O=C(CC1C=CCC1)NCCn1nc(C2CCNC2)c2nccnc21. The highest BCUT2D eigenvalue weighted by atomic mass is 16.1. The molecule has 7 nitrogen and oxygen atoms in total. The molecule has 132 valence electrons. The van der Waals surface area contributed by atoms with E-state index in [0.29, 0.717) is 31.3 Å². The Labute approximate surface area is 146 Å². The van der Waals surface area contributed by atoms with Gasteiger partial charge in [0.2, 0.25) is 5.91 Å². The van der Waals surface area contributed by atoms with Crippen LogP contribution in [0, 0.1) is 5.92 Å². The van der Waals surface area contributed by atoms with Crippen molar-refractivity contribution in [3.63, 3.8) is 0 Å². The maximum Gasteiger partial charge on any atom is 0.220 e. The second kappa shape index (κ2) is 7.31. The van der Waals surface area contributed by atoms with Crippen LogP contribution in [0.2, 0.25) is 0 Å². The number of aromatic nitrogens is 4. The van der Waals surface area contributed by atoms with Gasteiger partial charge in [-0.1, -0.05) is 12.2 Å². The lowest BCUT2D eigenvalue weighted by molar-refractivity contribution is -0.121. The lowest BCUT2D eigenvalue weighted by Gasteiger charge is -2.09. The van der Waals surface area contributed by atoms with Crippen molar-refractivity contribution in [1.29, 1.82) is 0 Å². The molecule has 0 saturated carbocycles. The van der Waals surface area contributed by atoms with Crippen molar-refractivity contribution >= 4 is 17.1 Å². The van der Waals surface area contributed by atoms with E-state index in [4.69, 9.17) is 5.10 Å². The summed E-state index contributed by atoms with van der Waals surface area (Å²) in [5.74, 6) is 0.904. The molecular formula is C18H24N6O. The van der Waals surface area contributed by atoms with Crippen LogP contribution in [-0.2, 0) is 11.3 Å². The van der Waals surface area contributed by atoms with Gasteiger partial charge in [0.25, 0.3) is 0 Å². The van der Waals surface area contributed by atoms with E-state index >= 15 is 0 Å². The number of hydrogen-bond acceptors (Lipinski definition) is 5. The third-order valence-electron chi connectivity index (χ3n) is 5.05. The summed E-state index contributed by atoms with van der Waals surface area (Å²) in [7, 11) is 0. The Morgan fingerprint density at radius 1 is 1.32 bits per heavy atom. The average molecular weight is 340 g/mol. The molecular weight excluding hydrogens is 316 g/mol. The Hall–Kier alpha value is -2.28. The van der Waals surface area contributed by atoms with Gasteiger partial charge in [-0.3, -0.25) is 4.79 Å². The first-order valence-corrected chi connectivity index (χ1v) is 9.13. The molecule has 1 amide bonds. The lowest BCUT2D eigenvalue weighted by atomic mass is 10.0. The maximum absolute atomic E-state index is 12.1. The molecule has 2 aromatic rings. The molecule has 25 heavy (non-hydrogen) atoms. The molecule has 2 N–H and O–H groups in total. The lowest BCUT2D eigenvalue weighted by Crippen LogP contribution is -2.28. The number of carbonyl (C=O) groups excluding carboxylic acids is 1. The van der Waals surface area contributed by atoms with Crippen LogP contribution >= 0.6 is 0 Å². The summed E-state index contributed by atoms with van der Waals surface area (Å²) in [5, 5.41) is 11.1. The molecule has 0 aromatic carbocycles. The Morgan fingerprint density at radius 3 is 3.04 bits per heavy atom. The summed E-state index contributed by atoms with van der Waals surface area (Å²) < 4.78 is 1.88. The number of amides is 1. The highest BCUT2D eigenvalue weighted by molar-refractivity contribution is 5.76. The molecule has 1 fully saturated rings. The molecule has 0 radical (unpaired) electrons. The van der Waals surface area contributed by atoms with Crippen LogP contribution in [0.3, 0.4) is 0 Å². The second-order valence-electron chi connectivity index (χ2n) is 6.85. The van der Waals surface area contributed by atoms with Crippen LogP contribution in [0.4, 0.5) is 0 Å². The molecule has 1 aliphatic carbocycles. The normalized spacial score (nSPS) is 22.7. The van der Waals surface area contributed by atoms with Crippen LogP contribution in [0.5, 0.6) is 0 Å². The van der Waals surface area contributed by atoms with E-state index in [0.717, 1.165) is 49.2 Å². The van der Waals surface area contributed by atoms with E-state index in [1.165, 1.54) is 0 Å². The van der Waals surface area contributed by atoms with Crippen LogP contribution in [-0.4, -0.2) is 45.3 Å². The van der Waals surface area contributed by atoms with Crippen LogP contribution < -0.4 is 10.6 Å². The predicted molar refractivity (Wildman–Crippen MR) is 95.0 cm³/mol. The third kappa shape index (κ3) is 3.56. The van der Waals surface area contributed by atoms with Crippen molar-refractivity contribution in [2.24, 2.45) is 5.92 Å². The number of rotatable bonds is 6. The van der Waals surface area contributed by atoms with Gasteiger partial charge in [0.05, 0.1) is 12.2 Å². The van der Waals surface area contributed by atoms with Gasteiger partial charge >= 0.3 is 0 Å². The van der Waals surface area contributed by atoms with Gasteiger partial charge in [-0.15, -0.1) is 0 Å². The van der Waals surface area contributed by atoms with Crippen molar-refractivity contribution in [3.8, 4) is 0 Å². The predicted octanol–water partition coefficient (Wildman–Crippen LogP) is 1.38. The molecule has 4 rings (SSSR count). The van der Waals surface area contributed by atoms with Gasteiger partial charge in [-0.25, -0.2) is 14.6 Å². The quantitative estimate of drug-likeness (QED) is 0.776. The van der Waals surface area contributed by atoms with E-state index < -0.39 is 0 Å². The Morgan fingerprint density at radius 2 is 2.24 bits per heavy atom. The Kier molecular flexibility index (Phi) is 4.74.